The molecule has 0 radical (unpaired) electrons. The Hall–Kier alpha value is -1.81. The first-order chi connectivity index (χ1) is 10.7. The van der Waals surface area contributed by atoms with Crippen LogP contribution in [0.4, 0.5) is 0 Å². The van der Waals surface area contributed by atoms with Gasteiger partial charge in [0.25, 0.3) is 0 Å². The number of benzene rings is 1. The van der Waals surface area contributed by atoms with Crippen LogP contribution in [0.25, 0.3) is 0 Å². The number of nitrogens with zero attached hydrogens (tertiary/aromatic N) is 2. The molecule has 0 spiro atoms. The minimum absolute atomic E-state index is 0.0732. The van der Waals surface area contributed by atoms with Crippen molar-refractivity contribution >= 4 is 17.5 Å². The van der Waals surface area contributed by atoms with E-state index in [1.165, 1.54) is 0 Å². The highest BCUT2D eigenvalue weighted by atomic mass is 35.5. The van der Waals surface area contributed by atoms with E-state index in [2.05, 4.69) is 14.9 Å². The minimum Gasteiger partial charge on any atom is -0.351 e. The monoisotopic (exact) mass is 315 g/mol. The first kappa shape index (κ1) is 13.8. The van der Waals surface area contributed by atoms with Gasteiger partial charge in [-0.05, 0) is 30.4 Å². The molecule has 22 heavy (non-hydrogen) atoms. The summed E-state index contributed by atoms with van der Waals surface area (Å²) in [6.07, 6.45) is 6.60. The van der Waals surface area contributed by atoms with Gasteiger partial charge >= 0.3 is 0 Å². The van der Waals surface area contributed by atoms with Gasteiger partial charge in [-0.1, -0.05) is 29.8 Å². The Morgan fingerprint density at radius 3 is 3.09 bits per heavy atom. The number of imidazole rings is 1. The van der Waals surface area contributed by atoms with Gasteiger partial charge in [-0.2, -0.15) is 0 Å². The number of aryl methyl sites for hydroxylation is 1. The highest BCUT2D eigenvalue weighted by molar-refractivity contribution is 6.31. The molecule has 0 saturated heterocycles. The highest BCUT2D eigenvalue weighted by Crippen LogP contribution is 2.49. The minimum atomic E-state index is 0.0732. The molecule has 4 rings (SSSR count). The molecule has 4 nitrogen and oxygen atoms in total. The number of amides is 1. The van der Waals surface area contributed by atoms with Crippen LogP contribution < -0.4 is 5.32 Å². The topological polar surface area (TPSA) is 46.9 Å². The molecular formula is C17H18ClN3O. The Bertz CT molecular complexity index is 711. The van der Waals surface area contributed by atoms with Crippen molar-refractivity contribution in [3.8, 4) is 0 Å². The van der Waals surface area contributed by atoms with Crippen molar-refractivity contribution in [3.05, 3.63) is 53.1 Å². The molecule has 1 N–H and O–H groups in total. The summed E-state index contributed by atoms with van der Waals surface area (Å²) in [6.45, 7) is 0.824. The molecule has 1 amide bonds. The molecule has 5 heteroatoms. The van der Waals surface area contributed by atoms with Crippen LogP contribution in [0.2, 0.25) is 5.02 Å². The second-order valence-corrected chi connectivity index (χ2v) is 6.62. The second kappa shape index (κ2) is 5.43. The van der Waals surface area contributed by atoms with Crippen LogP contribution in [0.1, 0.15) is 30.1 Å². The van der Waals surface area contributed by atoms with E-state index in [1.54, 1.807) is 0 Å². The summed E-state index contributed by atoms with van der Waals surface area (Å²) < 4.78 is 2.13. The van der Waals surface area contributed by atoms with Crippen LogP contribution in [-0.2, 0) is 17.8 Å². The maximum absolute atomic E-state index is 12.4. The van der Waals surface area contributed by atoms with Crippen LogP contribution in [0.5, 0.6) is 0 Å². The molecule has 1 aliphatic heterocycles. The predicted octanol–water partition coefficient (Wildman–Crippen LogP) is 2.77. The molecule has 1 aliphatic carbocycles. The Labute approximate surface area is 134 Å². The van der Waals surface area contributed by atoms with E-state index in [9.17, 15) is 4.79 Å². The average Bonchev–Trinajstić information content (AvgIpc) is 3.18. The number of nitrogens with one attached hydrogen (secondary N) is 1. The first-order valence-electron chi connectivity index (χ1n) is 7.77. The van der Waals surface area contributed by atoms with Gasteiger partial charge in [0, 0.05) is 42.3 Å². The largest absolute Gasteiger partial charge is 0.351 e. The number of hydrogen-bond donors (Lipinski definition) is 1. The third-order valence-electron chi connectivity index (χ3n) is 4.71. The lowest BCUT2D eigenvalue weighted by Crippen LogP contribution is -2.41. The van der Waals surface area contributed by atoms with E-state index in [-0.39, 0.29) is 23.8 Å². The van der Waals surface area contributed by atoms with Gasteiger partial charge < -0.3 is 9.88 Å². The molecule has 1 aromatic carbocycles. The summed E-state index contributed by atoms with van der Waals surface area (Å²) in [7, 11) is 0. The fourth-order valence-corrected chi connectivity index (χ4v) is 3.67. The number of halogens is 1. The normalized spacial score (nSPS) is 26.3. The van der Waals surface area contributed by atoms with Crippen molar-refractivity contribution in [1.82, 2.24) is 14.9 Å². The maximum Gasteiger partial charge on any atom is 0.224 e. The summed E-state index contributed by atoms with van der Waals surface area (Å²) in [4.78, 5) is 16.8. The van der Waals surface area contributed by atoms with Crippen molar-refractivity contribution in [2.75, 3.05) is 0 Å². The first-order valence-corrected chi connectivity index (χ1v) is 8.15. The third-order valence-corrected chi connectivity index (χ3v) is 5.06. The number of hydrogen-bond acceptors (Lipinski definition) is 2. The van der Waals surface area contributed by atoms with Gasteiger partial charge in [0.1, 0.15) is 5.82 Å². The smallest absolute Gasteiger partial charge is 0.224 e. The molecule has 1 saturated carbocycles. The number of rotatable bonds is 3. The zero-order valence-electron chi connectivity index (χ0n) is 12.2. The van der Waals surface area contributed by atoms with E-state index >= 15 is 0 Å². The molecule has 2 aliphatic rings. The van der Waals surface area contributed by atoms with Crippen molar-refractivity contribution in [1.29, 1.82) is 0 Å². The van der Waals surface area contributed by atoms with Gasteiger partial charge in [0.2, 0.25) is 5.91 Å². The molecule has 2 heterocycles. The number of carbonyl (C=O) groups is 1. The lowest BCUT2D eigenvalue weighted by Gasteiger charge is -2.24. The molecule has 3 unspecified atom stereocenters. The van der Waals surface area contributed by atoms with Crippen molar-refractivity contribution < 1.29 is 4.79 Å². The Morgan fingerprint density at radius 1 is 1.36 bits per heavy atom. The standard InChI is InChI=1S/C17H18ClN3O/c18-15-4-2-1-3-12(15)13-9-14(13)17(22)20-11-5-6-16-19-7-8-21(16)10-11/h1-4,7-8,11,13-14H,5-6,9-10H2,(H,20,22). The predicted molar refractivity (Wildman–Crippen MR) is 84.8 cm³/mol. The molecule has 1 aromatic heterocycles. The zero-order chi connectivity index (χ0) is 15.1. The number of fused-ring (bicyclic) bond motifs is 1. The quantitative estimate of drug-likeness (QED) is 0.946. The van der Waals surface area contributed by atoms with E-state index in [0.717, 1.165) is 42.2 Å². The van der Waals surface area contributed by atoms with Crippen molar-refractivity contribution in [3.63, 3.8) is 0 Å². The SMILES string of the molecule is O=C(NC1CCc2nccn2C1)C1CC1c1ccccc1Cl. The fourth-order valence-electron chi connectivity index (χ4n) is 3.40. The maximum atomic E-state index is 12.4. The van der Waals surface area contributed by atoms with Crippen LogP contribution >= 0.6 is 11.6 Å². The van der Waals surface area contributed by atoms with Gasteiger partial charge in [-0.3, -0.25) is 4.79 Å². The molecule has 0 bridgehead atoms. The fraction of sp³-hybridized carbons (Fsp3) is 0.412. The summed E-state index contributed by atoms with van der Waals surface area (Å²) in [6, 6.07) is 8.04. The van der Waals surface area contributed by atoms with Gasteiger partial charge in [0.05, 0.1) is 0 Å². The van der Waals surface area contributed by atoms with Crippen LogP contribution in [0, 0.1) is 5.92 Å². The van der Waals surface area contributed by atoms with E-state index in [1.807, 2.05) is 36.7 Å². The summed E-state index contributed by atoms with van der Waals surface area (Å²) in [5.41, 5.74) is 1.10. The summed E-state index contributed by atoms with van der Waals surface area (Å²) in [5, 5.41) is 3.97. The second-order valence-electron chi connectivity index (χ2n) is 6.21. The van der Waals surface area contributed by atoms with Crippen LogP contribution in [-0.4, -0.2) is 21.5 Å². The van der Waals surface area contributed by atoms with Gasteiger partial charge in [-0.25, -0.2) is 4.98 Å². The van der Waals surface area contributed by atoms with E-state index < -0.39 is 0 Å². The third kappa shape index (κ3) is 2.52. The number of carbonyl (C=O) groups excluding carboxylic acids is 1. The van der Waals surface area contributed by atoms with Gasteiger partial charge in [-0.15, -0.1) is 0 Å². The molecule has 114 valence electrons. The lowest BCUT2D eigenvalue weighted by atomic mass is 10.1. The Morgan fingerprint density at radius 2 is 2.23 bits per heavy atom. The van der Waals surface area contributed by atoms with Crippen molar-refractivity contribution in [2.45, 2.75) is 37.8 Å². The van der Waals surface area contributed by atoms with Gasteiger partial charge in [0.15, 0.2) is 0 Å². The van der Waals surface area contributed by atoms with E-state index in [4.69, 9.17) is 11.6 Å². The lowest BCUT2D eigenvalue weighted by molar-refractivity contribution is -0.123. The van der Waals surface area contributed by atoms with Crippen molar-refractivity contribution in [2.24, 2.45) is 5.92 Å². The van der Waals surface area contributed by atoms with Crippen LogP contribution in [0.3, 0.4) is 0 Å². The Kier molecular flexibility index (Phi) is 3.41. The summed E-state index contributed by atoms with van der Waals surface area (Å²) in [5.74, 6) is 1.63. The number of aromatic nitrogens is 2. The Balaban J connectivity index is 1.38. The molecule has 3 atom stereocenters. The zero-order valence-corrected chi connectivity index (χ0v) is 13.0. The molecule has 1 fully saturated rings. The molecule has 2 aromatic rings. The van der Waals surface area contributed by atoms with E-state index in [0.29, 0.717) is 0 Å². The average molecular weight is 316 g/mol. The highest BCUT2D eigenvalue weighted by Gasteiger charge is 2.45. The summed E-state index contributed by atoms with van der Waals surface area (Å²) >= 11 is 6.22. The van der Waals surface area contributed by atoms with Crippen LogP contribution in [0.15, 0.2) is 36.7 Å². The molecular weight excluding hydrogens is 298 g/mol.